The van der Waals surface area contributed by atoms with Crippen LogP contribution < -0.4 is 10.1 Å². The van der Waals surface area contributed by atoms with Crippen LogP contribution in [0.15, 0.2) is 54.6 Å². The van der Waals surface area contributed by atoms with Gasteiger partial charge in [-0.3, -0.25) is 14.9 Å². The van der Waals surface area contributed by atoms with Crippen molar-refractivity contribution in [2.45, 2.75) is 13.8 Å². The molecule has 150 valence electrons. The molecule has 2 aromatic carbocycles. The van der Waals surface area contributed by atoms with Gasteiger partial charge < -0.3 is 10.1 Å². The summed E-state index contributed by atoms with van der Waals surface area (Å²) < 4.78 is 6.68. The molecule has 0 aliphatic rings. The number of nitrogens with zero attached hydrogens (tertiary/aromatic N) is 3. The van der Waals surface area contributed by atoms with Crippen molar-refractivity contribution in [2.24, 2.45) is 5.92 Å². The van der Waals surface area contributed by atoms with E-state index in [0.29, 0.717) is 29.5 Å². The van der Waals surface area contributed by atoms with Gasteiger partial charge in [-0.05, 0) is 48.4 Å². The third-order valence-electron chi connectivity index (χ3n) is 4.30. The highest BCUT2D eigenvalue weighted by atomic mass is 16.6. The number of amides is 1. The van der Waals surface area contributed by atoms with E-state index in [1.54, 1.807) is 25.3 Å². The van der Waals surface area contributed by atoms with Crippen LogP contribution >= 0.6 is 0 Å². The number of carbonyl (C=O) groups excluding carboxylic acids is 1. The Kier molecular flexibility index (Phi) is 5.92. The van der Waals surface area contributed by atoms with E-state index in [0.717, 1.165) is 11.3 Å². The Morgan fingerprint density at radius 2 is 1.83 bits per heavy atom. The molecule has 1 N–H and O–H groups in total. The molecule has 1 aromatic heterocycles. The van der Waals surface area contributed by atoms with Crippen molar-refractivity contribution in [3.63, 3.8) is 0 Å². The zero-order chi connectivity index (χ0) is 21.0. The third-order valence-corrected chi connectivity index (χ3v) is 4.30. The van der Waals surface area contributed by atoms with Gasteiger partial charge in [0.25, 0.3) is 11.6 Å². The molecule has 8 nitrogen and oxygen atoms in total. The Balaban J connectivity index is 2.02. The fourth-order valence-electron chi connectivity index (χ4n) is 2.75. The standard InChI is InChI=1S/C21H22N4O4/c1-14(2)13-22-21(26)20-12-19(15-4-10-18(29-3)11-5-15)23-24(20)16-6-8-17(9-7-16)25(27)28/h4-12,14H,13H2,1-3H3,(H,22,26). The second-order valence-corrected chi connectivity index (χ2v) is 6.93. The maximum Gasteiger partial charge on any atom is 0.270 e. The normalized spacial score (nSPS) is 10.8. The number of hydrogen-bond donors (Lipinski definition) is 1. The van der Waals surface area contributed by atoms with E-state index < -0.39 is 4.92 Å². The third kappa shape index (κ3) is 4.60. The van der Waals surface area contributed by atoms with E-state index >= 15 is 0 Å². The first kappa shape index (κ1) is 20.1. The summed E-state index contributed by atoms with van der Waals surface area (Å²) in [4.78, 5) is 23.2. The topological polar surface area (TPSA) is 99.3 Å². The first-order chi connectivity index (χ1) is 13.9. The number of carbonyl (C=O) groups is 1. The van der Waals surface area contributed by atoms with Gasteiger partial charge in [-0.15, -0.1) is 0 Å². The highest BCUT2D eigenvalue weighted by Crippen LogP contribution is 2.25. The van der Waals surface area contributed by atoms with Crippen molar-refractivity contribution in [1.82, 2.24) is 15.1 Å². The SMILES string of the molecule is COc1ccc(-c2cc(C(=O)NCC(C)C)n(-c3ccc([N+](=O)[O-])cc3)n2)cc1. The van der Waals surface area contributed by atoms with Crippen molar-refractivity contribution < 1.29 is 14.5 Å². The van der Waals surface area contributed by atoms with Gasteiger partial charge >= 0.3 is 0 Å². The summed E-state index contributed by atoms with van der Waals surface area (Å²) in [7, 11) is 1.59. The van der Waals surface area contributed by atoms with Crippen molar-refractivity contribution in [2.75, 3.05) is 13.7 Å². The summed E-state index contributed by atoms with van der Waals surface area (Å²) in [6, 6.07) is 15.0. The molecule has 3 aromatic rings. The molecule has 0 bridgehead atoms. The smallest absolute Gasteiger partial charge is 0.270 e. The molecule has 0 saturated carbocycles. The molecule has 0 spiro atoms. The Bertz CT molecular complexity index is 1010. The monoisotopic (exact) mass is 394 g/mol. The van der Waals surface area contributed by atoms with E-state index in [2.05, 4.69) is 10.4 Å². The van der Waals surface area contributed by atoms with Crippen LogP contribution in [0.5, 0.6) is 5.75 Å². The van der Waals surface area contributed by atoms with Crippen LogP contribution in [0.1, 0.15) is 24.3 Å². The van der Waals surface area contributed by atoms with Gasteiger partial charge in [-0.2, -0.15) is 5.10 Å². The summed E-state index contributed by atoms with van der Waals surface area (Å²) in [5, 5.41) is 18.4. The van der Waals surface area contributed by atoms with Crippen LogP contribution in [0.2, 0.25) is 0 Å². The number of nitrogens with one attached hydrogen (secondary N) is 1. The minimum atomic E-state index is -0.466. The molecule has 29 heavy (non-hydrogen) atoms. The Labute approximate surface area is 168 Å². The van der Waals surface area contributed by atoms with Gasteiger partial charge in [0.2, 0.25) is 0 Å². The number of nitro benzene ring substituents is 1. The zero-order valence-electron chi connectivity index (χ0n) is 16.5. The number of non-ortho nitro benzene ring substituents is 1. The highest BCUT2D eigenvalue weighted by molar-refractivity contribution is 5.94. The van der Waals surface area contributed by atoms with Gasteiger partial charge in [-0.1, -0.05) is 13.8 Å². The van der Waals surface area contributed by atoms with Crippen molar-refractivity contribution in [1.29, 1.82) is 0 Å². The van der Waals surface area contributed by atoms with E-state index in [4.69, 9.17) is 4.74 Å². The summed E-state index contributed by atoms with van der Waals surface area (Å²) in [5.74, 6) is 0.763. The quantitative estimate of drug-likeness (QED) is 0.485. The molecule has 1 amide bonds. The minimum Gasteiger partial charge on any atom is -0.497 e. The largest absolute Gasteiger partial charge is 0.497 e. The van der Waals surface area contributed by atoms with Crippen LogP contribution in [-0.4, -0.2) is 34.3 Å². The first-order valence-corrected chi connectivity index (χ1v) is 9.16. The van der Waals surface area contributed by atoms with E-state index in [-0.39, 0.29) is 11.6 Å². The molecule has 0 fully saturated rings. The van der Waals surface area contributed by atoms with Gasteiger partial charge in [0, 0.05) is 24.2 Å². The lowest BCUT2D eigenvalue weighted by Crippen LogP contribution is -2.29. The lowest BCUT2D eigenvalue weighted by Gasteiger charge is -2.09. The molecule has 0 aliphatic heterocycles. The Morgan fingerprint density at radius 1 is 1.17 bits per heavy atom. The van der Waals surface area contributed by atoms with Crippen LogP contribution in [0.25, 0.3) is 16.9 Å². The van der Waals surface area contributed by atoms with Gasteiger partial charge in [-0.25, -0.2) is 4.68 Å². The predicted molar refractivity (Wildman–Crippen MR) is 109 cm³/mol. The number of benzene rings is 2. The fourth-order valence-corrected chi connectivity index (χ4v) is 2.75. The lowest BCUT2D eigenvalue weighted by molar-refractivity contribution is -0.384. The minimum absolute atomic E-state index is 0.0258. The number of hydrogen-bond acceptors (Lipinski definition) is 5. The van der Waals surface area contributed by atoms with Crippen molar-refractivity contribution >= 4 is 11.6 Å². The molecule has 0 aliphatic carbocycles. The van der Waals surface area contributed by atoms with E-state index in [9.17, 15) is 14.9 Å². The lowest BCUT2D eigenvalue weighted by atomic mass is 10.1. The van der Waals surface area contributed by atoms with Gasteiger partial charge in [0.15, 0.2) is 0 Å². The molecule has 0 unspecified atom stereocenters. The van der Waals surface area contributed by atoms with E-state index in [1.165, 1.54) is 16.8 Å². The van der Waals surface area contributed by atoms with Gasteiger partial charge in [0.05, 0.1) is 23.4 Å². The van der Waals surface area contributed by atoms with E-state index in [1.807, 2.05) is 38.1 Å². The number of rotatable bonds is 7. The average molecular weight is 394 g/mol. The molecule has 0 saturated heterocycles. The predicted octanol–water partition coefficient (Wildman–Crippen LogP) is 3.84. The number of methoxy groups -OCH3 is 1. The molecule has 8 heteroatoms. The summed E-state index contributed by atoms with van der Waals surface area (Å²) in [5.41, 5.74) is 2.32. The number of aromatic nitrogens is 2. The summed E-state index contributed by atoms with van der Waals surface area (Å²) in [6.07, 6.45) is 0. The highest BCUT2D eigenvalue weighted by Gasteiger charge is 2.18. The molecule has 0 radical (unpaired) electrons. The van der Waals surface area contributed by atoms with Crippen LogP contribution in [0, 0.1) is 16.0 Å². The van der Waals surface area contributed by atoms with Crippen molar-refractivity contribution in [3.8, 4) is 22.7 Å². The number of ether oxygens (including phenoxy) is 1. The van der Waals surface area contributed by atoms with Crippen LogP contribution in [0.3, 0.4) is 0 Å². The summed E-state index contributed by atoms with van der Waals surface area (Å²) in [6.45, 7) is 4.55. The Morgan fingerprint density at radius 3 is 2.38 bits per heavy atom. The van der Waals surface area contributed by atoms with Crippen LogP contribution in [-0.2, 0) is 0 Å². The fraction of sp³-hybridized carbons (Fsp3) is 0.238. The van der Waals surface area contributed by atoms with Gasteiger partial charge in [0.1, 0.15) is 11.4 Å². The molecular weight excluding hydrogens is 372 g/mol. The molecule has 3 rings (SSSR count). The molecular formula is C21H22N4O4. The first-order valence-electron chi connectivity index (χ1n) is 9.16. The number of nitro groups is 1. The molecule has 1 heterocycles. The maximum absolute atomic E-state index is 12.8. The Hall–Kier alpha value is -3.68. The maximum atomic E-state index is 12.8. The second-order valence-electron chi connectivity index (χ2n) is 6.93. The average Bonchev–Trinajstić information content (AvgIpc) is 3.17. The second kappa shape index (κ2) is 8.55. The summed E-state index contributed by atoms with van der Waals surface area (Å²) >= 11 is 0. The van der Waals surface area contributed by atoms with Crippen molar-refractivity contribution in [3.05, 3.63) is 70.4 Å². The van der Waals surface area contributed by atoms with Crippen LogP contribution in [0.4, 0.5) is 5.69 Å². The zero-order valence-corrected chi connectivity index (χ0v) is 16.5. The molecule has 0 atom stereocenters.